The van der Waals surface area contributed by atoms with Crippen molar-refractivity contribution in [3.63, 3.8) is 0 Å². The van der Waals surface area contributed by atoms with Gasteiger partial charge in [0.15, 0.2) is 5.82 Å². The summed E-state index contributed by atoms with van der Waals surface area (Å²) in [5.74, 6) is -2.34. The minimum atomic E-state index is -4.94. The highest BCUT2D eigenvalue weighted by molar-refractivity contribution is 5.82. The maximum atomic E-state index is 14.9. The van der Waals surface area contributed by atoms with Crippen LogP contribution in [0.15, 0.2) is 40.4 Å². The molecule has 0 saturated carbocycles. The molecule has 1 atom stereocenters. The molecule has 0 saturated heterocycles. The summed E-state index contributed by atoms with van der Waals surface area (Å²) in [5.41, 5.74) is -0.276. The molecular weight excluding hydrogens is 581 g/mol. The van der Waals surface area contributed by atoms with Crippen LogP contribution in [0.3, 0.4) is 0 Å². The van der Waals surface area contributed by atoms with Crippen LogP contribution in [0.4, 0.5) is 42.2 Å². The molecule has 3 aromatic heterocycles. The largest absolute Gasteiger partial charge is 0.423 e. The summed E-state index contributed by atoms with van der Waals surface area (Å²) in [4.78, 5) is 35.9. The molecular formula is C24H21F7N8O3. The van der Waals surface area contributed by atoms with Crippen LogP contribution < -0.4 is 22.2 Å². The summed E-state index contributed by atoms with van der Waals surface area (Å²) in [6, 6.07) is 1.24. The van der Waals surface area contributed by atoms with Gasteiger partial charge >= 0.3 is 12.4 Å². The number of alkyl halides is 6. The lowest BCUT2D eigenvalue weighted by Gasteiger charge is -2.21. The number of nitrogens with one attached hydrogen (secondary N) is 2. The van der Waals surface area contributed by atoms with Crippen molar-refractivity contribution in [1.29, 1.82) is 0 Å². The van der Waals surface area contributed by atoms with E-state index in [1.165, 1.54) is 7.11 Å². The zero-order valence-electron chi connectivity index (χ0n) is 21.5. The van der Waals surface area contributed by atoms with E-state index in [2.05, 4.69) is 25.4 Å². The Morgan fingerprint density at radius 3 is 2.48 bits per heavy atom. The van der Waals surface area contributed by atoms with Gasteiger partial charge in [-0.25, -0.2) is 24.4 Å². The Morgan fingerprint density at radius 1 is 1.10 bits per heavy atom. The van der Waals surface area contributed by atoms with E-state index in [1.807, 2.05) is 0 Å². The number of halogens is 7. The molecule has 4 rings (SSSR count). The van der Waals surface area contributed by atoms with Gasteiger partial charge in [0.25, 0.3) is 11.1 Å². The summed E-state index contributed by atoms with van der Waals surface area (Å²) < 4.78 is 100. The molecule has 4 N–H and O–H groups in total. The Bertz CT molecular complexity index is 1720. The standard InChI is InChI=1S/C24H21F7N8O3/c1-42-9-11(36-17-8-35-38-21(40)18(17)24(29,30)31)3-2-4-39-10-34-16-6-12(15(25)5-13(16)22(39)41)20-33-7-14(19(32)37-20)23(26,27)28/h5-8,10-11H,2-4,9H2,1H3,(H2,32,33,37)(H2,36,38,40)/t11-/m1/s1. The fraction of sp³-hybridized carbons (Fsp3) is 0.333. The molecule has 224 valence electrons. The molecule has 11 nitrogen and oxygen atoms in total. The van der Waals surface area contributed by atoms with Crippen molar-refractivity contribution in [2.45, 2.75) is 37.8 Å². The van der Waals surface area contributed by atoms with Crippen molar-refractivity contribution in [1.82, 2.24) is 29.7 Å². The Hall–Kier alpha value is -4.61. The SMILES string of the molecule is COC[C@@H](CCCn1cnc2cc(-c3ncc(C(F)(F)F)c(N)n3)c(F)cc2c1=O)Nc1cn[nH]c(=O)c1C(F)(F)F. The molecule has 4 aromatic rings. The fourth-order valence-electron chi connectivity index (χ4n) is 4.17. The van der Waals surface area contributed by atoms with E-state index in [1.54, 1.807) is 5.10 Å². The van der Waals surface area contributed by atoms with Crippen LogP contribution in [0.1, 0.15) is 24.0 Å². The molecule has 0 radical (unpaired) electrons. The number of H-pyrrole nitrogens is 1. The molecule has 0 fully saturated rings. The Morgan fingerprint density at radius 2 is 1.83 bits per heavy atom. The van der Waals surface area contributed by atoms with Gasteiger partial charge in [0, 0.05) is 25.9 Å². The van der Waals surface area contributed by atoms with Gasteiger partial charge < -0.3 is 15.8 Å². The number of aromatic amines is 1. The second kappa shape index (κ2) is 11.7. The lowest BCUT2D eigenvalue weighted by atomic mass is 10.1. The van der Waals surface area contributed by atoms with Crippen LogP contribution in [0.25, 0.3) is 22.3 Å². The topological polar surface area (TPSA) is 154 Å². The molecule has 18 heteroatoms. The van der Waals surface area contributed by atoms with E-state index in [4.69, 9.17) is 10.5 Å². The van der Waals surface area contributed by atoms with E-state index in [0.717, 1.165) is 29.2 Å². The van der Waals surface area contributed by atoms with Crippen molar-refractivity contribution in [2.75, 3.05) is 24.8 Å². The predicted molar refractivity (Wildman–Crippen MR) is 135 cm³/mol. The number of nitrogens with two attached hydrogens (primary N) is 1. The van der Waals surface area contributed by atoms with Gasteiger partial charge in [-0.05, 0) is 25.0 Å². The maximum absolute atomic E-state index is 14.9. The van der Waals surface area contributed by atoms with Crippen LogP contribution in [0, 0.1) is 5.82 Å². The lowest BCUT2D eigenvalue weighted by molar-refractivity contribution is -0.138. The number of aryl methyl sites for hydroxylation is 1. The van der Waals surface area contributed by atoms with E-state index >= 15 is 0 Å². The molecule has 0 spiro atoms. The molecule has 0 amide bonds. The van der Waals surface area contributed by atoms with Gasteiger partial charge in [-0.1, -0.05) is 0 Å². The quantitative estimate of drug-likeness (QED) is 0.244. The average Bonchev–Trinajstić information content (AvgIpc) is 2.88. The molecule has 0 unspecified atom stereocenters. The molecule has 3 heterocycles. The van der Waals surface area contributed by atoms with Crippen molar-refractivity contribution in [3.05, 3.63) is 68.5 Å². The maximum Gasteiger partial charge on any atom is 0.423 e. The number of aromatic nitrogens is 6. The van der Waals surface area contributed by atoms with Crippen LogP contribution in [0.2, 0.25) is 0 Å². The van der Waals surface area contributed by atoms with Crippen LogP contribution in [-0.2, 0) is 23.6 Å². The van der Waals surface area contributed by atoms with Crippen LogP contribution in [0.5, 0.6) is 0 Å². The predicted octanol–water partition coefficient (Wildman–Crippen LogP) is 3.60. The minimum absolute atomic E-state index is 0.00938. The first kappa shape index (κ1) is 30.4. The highest BCUT2D eigenvalue weighted by Gasteiger charge is 2.38. The molecule has 42 heavy (non-hydrogen) atoms. The van der Waals surface area contributed by atoms with Crippen LogP contribution >= 0.6 is 0 Å². The zero-order valence-corrected chi connectivity index (χ0v) is 21.5. The number of hydrogen-bond donors (Lipinski definition) is 3. The lowest BCUT2D eigenvalue weighted by Crippen LogP contribution is -2.31. The van der Waals surface area contributed by atoms with E-state index in [9.17, 15) is 40.3 Å². The number of rotatable bonds is 9. The zero-order chi connectivity index (χ0) is 30.8. The third kappa shape index (κ3) is 6.48. The summed E-state index contributed by atoms with van der Waals surface area (Å²) in [6.45, 7) is -0.00910. The number of fused-ring (bicyclic) bond motifs is 1. The normalized spacial score (nSPS) is 13.0. The Labute approximate surface area is 230 Å². The minimum Gasteiger partial charge on any atom is -0.383 e. The summed E-state index contributed by atoms with van der Waals surface area (Å²) >= 11 is 0. The third-order valence-corrected chi connectivity index (χ3v) is 6.10. The van der Waals surface area contributed by atoms with Gasteiger partial charge in [0.05, 0.1) is 41.3 Å². The van der Waals surface area contributed by atoms with Gasteiger partial charge in [-0.15, -0.1) is 0 Å². The Balaban J connectivity index is 1.53. The summed E-state index contributed by atoms with van der Waals surface area (Å²) in [5, 5.41) is 7.61. The first-order chi connectivity index (χ1) is 19.7. The third-order valence-electron chi connectivity index (χ3n) is 6.10. The smallest absolute Gasteiger partial charge is 0.383 e. The highest BCUT2D eigenvalue weighted by Crippen LogP contribution is 2.34. The first-order valence-electron chi connectivity index (χ1n) is 12.0. The van der Waals surface area contributed by atoms with E-state index < -0.39 is 63.8 Å². The number of anilines is 2. The number of ether oxygens (including phenoxy) is 1. The van der Waals surface area contributed by atoms with Gasteiger partial charge in [0.1, 0.15) is 22.8 Å². The van der Waals surface area contributed by atoms with Crippen LogP contribution in [-0.4, -0.2) is 49.5 Å². The van der Waals surface area contributed by atoms with Gasteiger partial charge in [0.2, 0.25) is 0 Å². The second-order valence-electron chi connectivity index (χ2n) is 9.01. The molecule has 0 aliphatic carbocycles. The van der Waals surface area contributed by atoms with E-state index in [-0.39, 0.29) is 42.5 Å². The molecule has 0 bridgehead atoms. The van der Waals surface area contributed by atoms with Crippen molar-refractivity contribution in [2.24, 2.45) is 0 Å². The molecule has 0 aliphatic heterocycles. The summed E-state index contributed by atoms with van der Waals surface area (Å²) in [7, 11) is 1.33. The van der Waals surface area contributed by atoms with Crippen molar-refractivity contribution < 1.29 is 35.5 Å². The van der Waals surface area contributed by atoms with Gasteiger partial charge in [-0.2, -0.15) is 31.4 Å². The number of nitrogens with zero attached hydrogens (tertiary/aromatic N) is 5. The Kier molecular flexibility index (Phi) is 8.46. The summed E-state index contributed by atoms with van der Waals surface area (Å²) in [6.07, 6.45) is -6.92. The number of nitrogen functional groups attached to an aromatic ring is 1. The van der Waals surface area contributed by atoms with Crippen molar-refractivity contribution in [3.8, 4) is 11.4 Å². The van der Waals surface area contributed by atoms with Crippen molar-refractivity contribution >= 4 is 22.4 Å². The average molecular weight is 602 g/mol. The molecule has 0 aliphatic rings. The first-order valence-corrected chi connectivity index (χ1v) is 12.0. The van der Waals surface area contributed by atoms with E-state index in [0.29, 0.717) is 6.20 Å². The number of hydrogen-bond acceptors (Lipinski definition) is 9. The van der Waals surface area contributed by atoms with Gasteiger partial charge in [-0.3, -0.25) is 14.2 Å². The fourth-order valence-corrected chi connectivity index (χ4v) is 4.17. The molecule has 1 aromatic carbocycles. The highest BCUT2D eigenvalue weighted by atomic mass is 19.4. The number of benzene rings is 1. The number of methoxy groups -OCH3 is 1. The second-order valence-corrected chi connectivity index (χ2v) is 9.01. The monoisotopic (exact) mass is 602 g/mol.